The Balaban J connectivity index is 1.22. The molecule has 0 unspecified atom stereocenters. The summed E-state index contributed by atoms with van der Waals surface area (Å²) >= 11 is 0. The van der Waals surface area contributed by atoms with Crippen molar-refractivity contribution in [1.82, 2.24) is 29.6 Å². The molecule has 1 fully saturated rings. The molecule has 1 amide bonds. The van der Waals surface area contributed by atoms with Gasteiger partial charge in [0.05, 0.1) is 22.9 Å². The van der Waals surface area contributed by atoms with Gasteiger partial charge in [-0.05, 0) is 36.4 Å². The second kappa shape index (κ2) is 8.54. The minimum Gasteiger partial charge on any atom is -0.352 e. The van der Waals surface area contributed by atoms with Crippen molar-refractivity contribution in [2.75, 3.05) is 31.1 Å². The highest BCUT2D eigenvalue weighted by atomic mass is 16.2. The number of para-hydroxylation sites is 1. The smallest absolute Gasteiger partial charge is 0.261 e. The summed E-state index contributed by atoms with van der Waals surface area (Å²) in [6.45, 7) is 2.38. The van der Waals surface area contributed by atoms with Crippen LogP contribution in [0.15, 0.2) is 71.9 Å². The average Bonchev–Trinajstić information content (AvgIpc) is 2.86. The van der Waals surface area contributed by atoms with Crippen molar-refractivity contribution in [2.45, 2.75) is 6.54 Å². The van der Waals surface area contributed by atoms with Gasteiger partial charge in [-0.15, -0.1) is 10.2 Å². The fraction of sp³-hybridized carbons (Fsp3) is 0.217. The van der Waals surface area contributed by atoms with E-state index in [0.717, 1.165) is 17.2 Å². The number of piperazine rings is 1. The molecule has 32 heavy (non-hydrogen) atoms. The molecule has 1 saturated heterocycles. The van der Waals surface area contributed by atoms with Crippen molar-refractivity contribution in [3.05, 3.63) is 77.5 Å². The number of hydrogen-bond acceptors (Lipinski definition) is 7. The van der Waals surface area contributed by atoms with Crippen molar-refractivity contribution in [1.29, 1.82) is 0 Å². The number of pyridine rings is 1. The average molecular weight is 427 g/mol. The van der Waals surface area contributed by atoms with Crippen LogP contribution >= 0.6 is 0 Å². The predicted octanol–water partition coefficient (Wildman–Crippen LogP) is 1.60. The first kappa shape index (κ1) is 19.8. The summed E-state index contributed by atoms with van der Waals surface area (Å²) < 4.78 is 1.37. The Morgan fingerprint density at radius 3 is 2.41 bits per heavy atom. The molecule has 1 aliphatic heterocycles. The standard InChI is InChI=1S/C23H21N7O2/c31-22(15-30-16-25-18-6-2-1-5-17(18)23(30)32)29-13-11-28(12-14-29)21-9-8-20(26-27-21)19-7-3-4-10-24-19/h1-10,16H,11-15H2. The van der Waals surface area contributed by atoms with E-state index in [1.165, 1.54) is 10.9 Å². The van der Waals surface area contributed by atoms with Gasteiger partial charge >= 0.3 is 0 Å². The third-order valence-electron chi connectivity index (χ3n) is 5.57. The molecule has 0 N–H and O–H groups in total. The maximum Gasteiger partial charge on any atom is 0.261 e. The predicted molar refractivity (Wildman–Crippen MR) is 120 cm³/mol. The van der Waals surface area contributed by atoms with Crippen LogP contribution in [0, 0.1) is 0 Å². The van der Waals surface area contributed by atoms with Gasteiger partial charge in [0, 0.05) is 32.4 Å². The van der Waals surface area contributed by atoms with Crippen LogP contribution in [-0.2, 0) is 11.3 Å². The van der Waals surface area contributed by atoms with Gasteiger partial charge in [-0.3, -0.25) is 19.1 Å². The summed E-state index contributed by atoms with van der Waals surface area (Å²) in [4.78, 5) is 37.9. The van der Waals surface area contributed by atoms with Gasteiger partial charge in [0.15, 0.2) is 5.82 Å². The third-order valence-corrected chi connectivity index (χ3v) is 5.57. The summed E-state index contributed by atoms with van der Waals surface area (Å²) in [6, 6.07) is 16.6. The van der Waals surface area contributed by atoms with E-state index >= 15 is 0 Å². The molecule has 0 radical (unpaired) electrons. The molecule has 0 bridgehead atoms. The molecule has 1 aliphatic rings. The summed E-state index contributed by atoms with van der Waals surface area (Å²) in [6.07, 6.45) is 3.17. The molecule has 0 spiro atoms. The number of fused-ring (bicyclic) bond motifs is 1. The Bertz CT molecular complexity index is 1300. The van der Waals surface area contributed by atoms with Crippen LogP contribution < -0.4 is 10.5 Å². The lowest BCUT2D eigenvalue weighted by atomic mass is 10.2. The quantitative estimate of drug-likeness (QED) is 0.488. The Hall–Kier alpha value is -4.14. The number of amides is 1. The van der Waals surface area contributed by atoms with Crippen molar-refractivity contribution >= 4 is 22.6 Å². The topological polar surface area (TPSA) is 97.1 Å². The fourth-order valence-electron chi connectivity index (χ4n) is 3.79. The number of aromatic nitrogens is 5. The van der Waals surface area contributed by atoms with Crippen molar-refractivity contribution in [2.24, 2.45) is 0 Å². The Kier molecular flexibility index (Phi) is 5.29. The molecule has 4 heterocycles. The molecular weight excluding hydrogens is 406 g/mol. The minimum atomic E-state index is -0.203. The van der Waals surface area contributed by atoms with E-state index in [2.05, 4.69) is 25.1 Å². The molecule has 160 valence electrons. The van der Waals surface area contributed by atoms with E-state index < -0.39 is 0 Å². The molecular formula is C23H21N7O2. The van der Waals surface area contributed by atoms with Crippen molar-refractivity contribution < 1.29 is 4.79 Å². The summed E-state index contributed by atoms with van der Waals surface area (Å²) in [7, 11) is 0. The van der Waals surface area contributed by atoms with Gasteiger partial charge in [-0.2, -0.15) is 0 Å². The van der Waals surface area contributed by atoms with Gasteiger partial charge in [-0.1, -0.05) is 18.2 Å². The lowest BCUT2D eigenvalue weighted by molar-refractivity contribution is -0.132. The fourth-order valence-corrected chi connectivity index (χ4v) is 3.79. The number of benzene rings is 1. The zero-order valence-corrected chi connectivity index (χ0v) is 17.3. The molecule has 3 aromatic heterocycles. The van der Waals surface area contributed by atoms with Gasteiger partial charge in [0.2, 0.25) is 5.91 Å². The van der Waals surface area contributed by atoms with Crippen LogP contribution in [0.3, 0.4) is 0 Å². The number of rotatable bonds is 4. The summed E-state index contributed by atoms with van der Waals surface area (Å²) in [5.74, 6) is 0.673. The first-order valence-corrected chi connectivity index (χ1v) is 10.4. The highest BCUT2D eigenvalue weighted by Gasteiger charge is 2.23. The Morgan fingerprint density at radius 2 is 1.66 bits per heavy atom. The largest absolute Gasteiger partial charge is 0.352 e. The normalized spacial score (nSPS) is 14.0. The maximum absolute atomic E-state index is 12.8. The Labute approximate surface area is 184 Å². The van der Waals surface area contributed by atoms with Crippen molar-refractivity contribution in [3.8, 4) is 11.4 Å². The molecule has 0 aliphatic carbocycles. The first-order valence-electron chi connectivity index (χ1n) is 10.4. The van der Waals surface area contributed by atoms with Gasteiger partial charge in [0.25, 0.3) is 5.56 Å². The van der Waals surface area contributed by atoms with E-state index in [1.54, 1.807) is 29.3 Å². The van der Waals surface area contributed by atoms with Crippen LogP contribution in [0.25, 0.3) is 22.3 Å². The highest BCUT2D eigenvalue weighted by molar-refractivity contribution is 5.79. The van der Waals surface area contributed by atoms with E-state index in [1.807, 2.05) is 36.4 Å². The van der Waals surface area contributed by atoms with E-state index in [4.69, 9.17) is 0 Å². The summed E-state index contributed by atoms with van der Waals surface area (Å²) in [5.41, 5.74) is 1.92. The molecule has 0 atom stereocenters. The molecule has 1 aromatic carbocycles. The SMILES string of the molecule is O=C(Cn1cnc2ccccc2c1=O)N1CCN(c2ccc(-c3ccccn3)nn2)CC1. The van der Waals surface area contributed by atoms with Crippen molar-refractivity contribution in [3.63, 3.8) is 0 Å². The zero-order valence-electron chi connectivity index (χ0n) is 17.3. The van der Waals surface area contributed by atoms with Gasteiger partial charge in [-0.25, -0.2) is 4.98 Å². The van der Waals surface area contributed by atoms with E-state index in [0.29, 0.717) is 37.1 Å². The number of nitrogens with zero attached hydrogens (tertiary/aromatic N) is 7. The second-order valence-corrected chi connectivity index (χ2v) is 7.55. The van der Waals surface area contributed by atoms with Crippen LogP contribution in [-0.4, -0.2) is 61.7 Å². The molecule has 9 nitrogen and oxygen atoms in total. The molecule has 4 aromatic rings. The van der Waals surface area contributed by atoms with Crippen LogP contribution in [0.2, 0.25) is 0 Å². The Morgan fingerprint density at radius 1 is 0.844 bits per heavy atom. The number of anilines is 1. The number of hydrogen-bond donors (Lipinski definition) is 0. The second-order valence-electron chi connectivity index (χ2n) is 7.55. The third kappa shape index (κ3) is 3.92. The van der Waals surface area contributed by atoms with Gasteiger partial charge < -0.3 is 9.80 Å². The van der Waals surface area contributed by atoms with Crippen LogP contribution in [0.4, 0.5) is 5.82 Å². The number of carbonyl (C=O) groups excluding carboxylic acids is 1. The van der Waals surface area contributed by atoms with E-state index in [9.17, 15) is 9.59 Å². The molecule has 0 saturated carbocycles. The molecule has 5 rings (SSSR count). The maximum atomic E-state index is 12.8. The zero-order chi connectivity index (χ0) is 21.9. The van der Waals surface area contributed by atoms with Gasteiger partial charge in [0.1, 0.15) is 12.2 Å². The van der Waals surface area contributed by atoms with Crippen LogP contribution in [0.5, 0.6) is 0 Å². The highest BCUT2D eigenvalue weighted by Crippen LogP contribution is 2.17. The lowest BCUT2D eigenvalue weighted by Gasteiger charge is -2.35. The van der Waals surface area contributed by atoms with E-state index in [-0.39, 0.29) is 18.0 Å². The minimum absolute atomic E-state index is 0.0186. The van der Waals surface area contributed by atoms with Crippen LogP contribution in [0.1, 0.15) is 0 Å². The molecule has 9 heteroatoms. The monoisotopic (exact) mass is 427 g/mol. The first-order chi connectivity index (χ1) is 15.7. The number of carbonyl (C=O) groups is 1. The summed E-state index contributed by atoms with van der Waals surface area (Å²) in [5, 5.41) is 9.14. The lowest BCUT2D eigenvalue weighted by Crippen LogP contribution is -2.50.